The summed E-state index contributed by atoms with van der Waals surface area (Å²) >= 11 is 0. The van der Waals surface area contributed by atoms with Crippen molar-refractivity contribution >= 4 is 8.80 Å². The summed E-state index contributed by atoms with van der Waals surface area (Å²) in [7, 11) is -0.303. The smallest absolute Gasteiger partial charge is 0.322 e. The lowest BCUT2D eigenvalue weighted by Crippen LogP contribution is -2.26. The van der Waals surface area contributed by atoms with E-state index in [4.69, 9.17) is 9.52 Å². The average Bonchev–Trinajstić information content (AvgIpc) is 2.83. The average molecular weight is 297 g/mol. The van der Waals surface area contributed by atoms with Gasteiger partial charge in [0.15, 0.2) is 6.61 Å². The normalized spacial score (nSPS) is 14.8. The molecule has 0 amide bonds. The highest BCUT2D eigenvalue weighted by Gasteiger charge is 2.40. The van der Waals surface area contributed by atoms with Crippen LogP contribution in [0.2, 0.25) is 16.6 Å². The van der Waals surface area contributed by atoms with Crippen molar-refractivity contribution in [1.82, 2.24) is 0 Å². The molecule has 114 valence electrons. The van der Waals surface area contributed by atoms with Crippen molar-refractivity contribution in [3.05, 3.63) is 23.7 Å². The maximum absolute atomic E-state index is 7.54. The van der Waals surface area contributed by atoms with E-state index in [1.165, 1.54) is 12.8 Å². The van der Waals surface area contributed by atoms with E-state index in [-0.39, 0.29) is 8.80 Å². The quantitative estimate of drug-likeness (QED) is 0.486. The minimum absolute atomic E-state index is 0.303. The third-order valence-corrected chi connectivity index (χ3v) is 8.45. The van der Waals surface area contributed by atoms with Gasteiger partial charge in [-0.1, -0.05) is 6.92 Å². The van der Waals surface area contributed by atoms with E-state index in [0.29, 0.717) is 12.5 Å². The monoisotopic (exact) mass is 296 g/mol. The van der Waals surface area contributed by atoms with Crippen molar-refractivity contribution in [2.45, 2.75) is 83.5 Å². The van der Waals surface area contributed by atoms with Crippen molar-refractivity contribution < 1.29 is 9.52 Å². The summed E-state index contributed by atoms with van der Waals surface area (Å²) in [5.41, 5.74) is 3.59. The van der Waals surface area contributed by atoms with E-state index in [9.17, 15) is 0 Å². The third kappa shape index (κ3) is 4.49. The number of rotatable bonds is 8. The minimum atomic E-state index is -0.303. The lowest BCUT2D eigenvalue weighted by atomic mass is 9.99. The lowest BCUT2D eigenvalue weighted by molar-refractivity contribution is 0.276. The first-order valence-electron chi connectivity index (χ1n) is 7.95. The Balaban J connectivity index is 2.57. The van der Waals surface area contributed by atoms with Gasteiger partial charge in [0, 0.05) is 5.92 Å². The molecular formula is C17H32O2Si+2. The molecule has 0 aliphatic heterocycles. The zero-order valence-corrected chi connectivity index (χ0v) is 15.0. The molecule has 1 rings (SSSR count). The van der Waals surface area contributed by atoms with E-state index >= 15 is 0 Å². The zero-order valence-electron chi connectivity index (χ0n) is 14.0. The van der Waals surface area contributed by atoms with Gasteiger partial charge in [-0.05, 0) is 53.5 Å². The predicted octanol–water partition coefficient (Wildman–Crippen LogP) is 5.09. The highest BCUT2D eigenvalue weighted by atomic mass is 28.3. The van der Waals surface area contributed by atoms with Crippen molar-refractivity contribution in [1.29, 1.82) is 0 Å². The van der Waals surface area contributed by atoms with Crippen molar-refractivity contribution in [2.24, 2.45) is 0 Å². The molecule has 20 heavy (non-hydrogen) atoms. The Morgan fingerprint density at radius 1 is 1.05 bits per heavy atom. The summed E-state index contributed by atoms with van der Waals surface area (Å²) in [6, 6.07) is 1.94. The Hall–Kier alpha value is -0.543. The molecule has 0 radical (unpaired) electrons. The van der Waals surface area contributed by atoms with Gasteiger partial charge in [-0.25, -0.2) is 0 Å². The molecule has 3 heteroatoms. The van der Waals surface area contributed by atoms with E-state index in [0.717, 1.165) is 27.9 Å². The molecule has 2 atom stereocenters. The zero-order chi connectivity index (χ0) is 15.3. The maximum atomic E-state index is 7.54. The highest BCUT2D eigenvalue weighted by Crippen LogP contribution is 2.35. The predicted molar refractivity (Wildman–Crippen MR) is 89.0 cm³/mol. The summed E-state index contributed by atoms with van der Waals surface area (Å²) in [4.78, 5) is 0. The van der Waals surface area contributed by atoms with Gasteiger partial charge in [0.05, 0.1) is 28.5 Å². The van der Waals surface area contributed by atoms with Gasteiger partial charge in [-0.2, -0.15) is 0 Å². The fourth-order valence-electron chi connectivity index (χ4n) is 3.53. The SMILES string of the molecule is CC(CCC(C)[Si+](C(C)C)C(C)C)c1occc1C[OH2+]. The van der Waals surface area contributed by atoms with Crippen LogP contribution in [0.5, 0.6) is 0 Å². The molecule has 0 aromatic carbocycles. The van der Waals surface area contributed by atoms with E-state index in [2.05, 4.69) is 41.5 Å². The van der Waals surface area contributed by atoms with Crippen LogP contribution in [0.25, 0.3) is 0 Å². The molecule has 1 aromatic heterocycles. The van der Waals surface area contributed by atoms with Crippen LogP contribution >= 0.6 is 0 Å². The fraction of sp³-hybridized carbons (Fsp3) is 0.765. The van der Waals surface area contributed by atoms with Gasteiger partial charge >= 0.3 is 8.80 Å². The first kappa shape index (κ1) is 17.5. The van der Waals surface area contributed by atoms with Crippen LogP contribution in [0.1, 0.15) is 71.6 Å². The summed E-state index contributed by atoms with van der Waals surface area (Å²) in [6.45, 7) is 14.6. The molecule has 0 aliphatic carbocycles. The van der Waals surface area contributed by atoms with Crippen LogP contribution < -0.4 is 0 Å². The summed E-state index contributed by atoms with van der Waals surface area (Å²) < 4.78 is 5.59. The van der Waals surface area contributed by atoms with Gasteiger partial charge < -0.3 is 9.52 Å². The molecule has 0 spiro atoms. The first-order chi connectivity index (χ1) is 9.38. The minimum Gasteiger partial charge on any atom is -0.468 e. The van der Waals surface area contributed by atoms with Gasteiger partial charge in [-0.3, -0.25) is 0 Å². The summed E-state index contributed by atoms with van der Waals surface area (Å²) in [5, 5.41) is 7.54. The van der Waals surface area contributed by atoms with Gasteiger partial charge in [-0.15, -0.1) is 0 Å². The van der Waals surface area contributed by atoms with Crippen LogP contribution in [0, 0.1) is 0 Å². The fourth-order valence-corrected chi connectivity index (χ4v) is 7.64. The molecule has 1 heterocycles. The standard InChI is InChI=1S/C17H31O2Si/c1-12(2)20(13(3)4)15(6)8-7-14(5)17-16(11-18)9-10-19-17/h9-10,12-15,18H,7-8,11H2,1-6H3/q+1/p+1. The molecule has 1 aromatic rings. The van der Waals surface area contributed by atoms with Crippen LogP contribution in [0.3, 0.4) is 0 Å². The van der Waals surface area contributed by atoms with Crippen molar-refractivity contribution in [3.8, 4) is 0 Å². The van der Waals surface area contributed by atoms with Crippen LogP contribution in [0.15, 0.2) is 16.7 Å². The Labute approximate surface area is 126 Å². The van der Waals surface area contributed by atoms with Crippen LogP contribution in [-0.4, -0.2) is 13.9 Å². The third-order valence-electron chi connectivity index (χ3n) is 4.35. The molecule has 2 unspecified atom stereocenters. The molecular weight excluding hydrogens is 264 g/mol. The largest absolute Gasteiger partial charge is 0.468 e. The molecule has 0 aliphatic rings. The second-order valence-corrected chi connectivity index (χ2v) is 11.0. The van der Waals surface area contributed by atoms with Gasteiger partial charge in [0.1, 0.15) is 5.76 Å². The Morgan fingerprint density at radius 2 is 1.65 bits per heavy atom. The summed E-state index contributed by atoms with van der Waals surface area (Å²) in [6.07, 6.45) is 4.19. The number of furan rings is 1. The van der Waals surface area contributed by atoms with Crippen molar-refractivity contribution in [3.63, 3.8) is 0 Å². The van der Waals surface area contributed by atoms with Crippen LogP contribution in [-0.2, 0) is 6.61 Å². The second kappa shape index (κ2) is 8.04. The summed E-state index contributed by atoms with van der Waals surface area (Å²) in [5.74, 6) is 1.48. The van der Waals surface area contributed by atoms with Gasteiger partial charge in [0.25, 0.3) is 0 Å². The topological polar surface area (TPSA) is 36.0 Å². The molecule has 0 saturated heterocycles. The molecule has 2 N–H and O–H groups in total. The molecule has 2 nitrogen and oxygen atoms in total. The van der Waals surface area contributed by atoms with E-state index in [1.54, 1.807) is 6.26 Å². The van der Waals surface area contributed by atoms with Crippen molar-refractivity contribution in [2.75, 3.05) is 0 Å². The molecule has 0 fully saturated rings. The van der Waals surface area contributed by atoms with Gasteiger partial charge in [0.2, 0.25) is 0 Å². The second-order valence-electron chi connectivity index (χ2n) is 6.68. The molecule has 0 bridgehead atoms. The lowest BCUT2D eigenvalue weighted by Gasteiger charge is -2.18. The number of hydrogen-bond donors (Lipinski definition) is 0. The Bertz CT molecular complexity index is 376. The maximum Gasteiger partial charge on any atom is 0.322 e. The Kier molecular flexibility index (Phi) is 7.03. The Morgan fingerprint density at radius 3 is 2.15 bits per heavy atom. The molecule has 0 saturated carbocycles. The highest BCUT2D eigenvalue weighted by molar-refractivity contribution is 6.63. The first-order valence-corrected chi connectivity index (χ1v) is 9.69. The van der Waals surface area contributed by atoms with E-state index < -0.39 is 0 Å². The van der Waals surface area contributed by atoms with E-state index in [1.807, 2.05) is 6.07 Å². The van der Waals surface area contributed by atoms with Crippen LogP contribution in [0.4, 0.5) is 0 Å². The number of hydrogen-bond acceptors (Lipinski definition) is 1.